The van der Waals surface area contributed by atoms with Gasteiger partial charge in [-0.2, -0.15) is 0 Å². The lowest BCUT2D eigenvalue weighted by Gasteiger charge is -2.35. The van der Waals surface area contributed by atoms with Crippen LogP contribution in [0.15, 0.2) is 11.3 Å². The second-order valence-electron chi connectivity index (χ2n) is 4.50. The highest BCUT2D eigenvalue weighted by Crippen LogP contribution is 2.31. The Morgan fingerprint density at radius 2 is 2.06 bits per heavy atom. The van der Waals surface area contributed by atoms with Gasteiger partial charge in [-0.05, 0) is 13.3 Å². The highest BCUT2D eigenvalue weighted by molar-refractivity contribution is 5.89. The Hall–Kier alpha value is -1.03. The predicted molar refractivity (Wildman–Crippen MR) is 59.8 cm³/mol. The van der Waals surface area contributed by atoms with E-state index in [4.69, 9.17) is 4.74 Å². The van der Waals surface area contributed by atoms with Crippen molar-refractivity contribution in [2.75, 3.05) is 0 Å². The maximum atomic E-state index is 11.5. The van der Waals surface area contributed by atoms with Gasteiger partial charge in [-0.1, -0.05) is 20.8 Å². The summed E-state index contributed by atoms with van der Waals surface area (Å²) in [5.74, 6) is -0.847. The van der Waals surface area contributed by atoms with Crippen molar-refractivity contribution in [1.29, 1.82) is 0 Å². The summed E-state index contributed by atoms with van der Waals surface area (Å²) in [6.45, 7) is 7.05. The van der Waals surface area contributed by atoms with E-state index in [-0.39, 0.29) is 23.2 Å². The third kappa shape index (κ3) is 2.21. The molecule has 1 heterocycles. The average molecular weight is 228 g/mol. The summed E-state index contributed by atoms with van der Waals surface area (Å²) in [7, 11) is 0. The Balaban J connectivity index is 2.90. The van der Waals surface area contributed by atoms with Crippen LogP contribution in [0.1, 0.15) is 34.1 Å². The van der Waals surface area contributed by atoms with E-state index in [1.165, 1.54) is 0 Å². The molecule has 1 rings (SSSR count). The fourth-order valence-electron chi connectivity index (χ4n) is 2.07. The van der Waals surface area contributed by atoms with Gasteiger partial charge in [0, 0.05) is 5.92 Å². The molecule has 16 heavy (non-hydrogen) atoms. The summed E-state index contributed by atoms with van der Waals surface area (Å²) in [5, 5.41) is 19.5. The number of aliphatic hydroxyl groups is 2. The molecule has 0 unspecified atom stereocenters. The van der Waals surface area contributed by atoms with Crippen LogP contribution in [0.4, 0.5) is 0 Å². The number of hydrogen-bond acceptors (Lipinski definition) is 4. The Labute approximate surface area is 95.9 Å². The lowest BCUT2D eigenvalue weighted by Crippen LogP contribution is -2.41. The van der Waals surface area contributed by atoms with Crippen LogP contribution in [0, 0.1) is 11.8 Å². The van der Waals surface area contributed by atoms with Crippen LogP contribution in [0.3, 0.4) is 0 Å². The molecule has 0 saturated heterocycles. The van der Waals surface area contributed by atoms with Crippen molar-refractivity contribution in [3.8, 4) is 0 Å². The number of rotatable bonds is 3. The van der Waals surface area contributed by atoms with Gasteiger partial charge in [0.05, 0.1) is 17.6 Å². The van der Waals surface area contributed by atoms with Crippen molar-refractivity contribution < 1.29 is 19.7 Å². The lowest BCUT2D eigenvalue weighted by molar-refractivity contribution is -0.156. The number of carbonyl (C=O) groups excluding carboxylic acids is 1. The molecule has 1 aliphatic heterocycles. The van der Waals surface area contributed by atoms with Gasteiger partial charge < -0.3 is 14.9 Å². The minimum Gasteiger partial charge on any atom is -0.511 e. The first kappa shape index (κ1) is 13.0. The molecule has 1 aliphatic rings. The minimum atomic E-state index is -0.522. The van der Waals surface area contributed by atoms with Gasteiger partial charge in [-0.3, -0.25) is 0 Å². The molecule has 0 aromatic carbocycles. The fourth-order valence-corrected chi connectivity index (χ4v) is 2.07. The zero-order valence-corrected chi connectivity index (χ0v) is 10.2. The molecule has 0 aromatic rings. The molecular weight excluding hydrogens is 208 g/mol. The number of esters is 1. The summed E-state index contributed by atoms with van der Waals surface area (Å²) in [6.07, 6.45) is -0.372. The molecule has 4 nitrogen and oxygen atoms in total. The fraction of sp³-hybridized carbons (Fsp3) is 0.750. The summed E-state index contributed by atoms with van der Waals surface area (Å²) in [6, 6.07) is 0. The third-order valence-corrected chi connectivity index (χ3v) is 3.40. The molecule has 0 aromatic heterocycles. The van der Waals surface area contributed by atoms with Crippen LogP contribution >= 0.6 is 0 Å². The zero-order valence-electron chi connectivity index (χ0n) is 10.2. The monoisotopic (exact) mass is 228 g/mol. The van der Waals surface area contributed by atoms with Gasteiger partial charge >= 0.3 is 5.97 Å². The molecule has 0 spiro atoms. The molecule has 0 saturated carbocycles. The first-order chi connectivity index (χ1) is 7.40. The predicted octanol–water partition coefficient (Wildman–Crippen LogP) is 1.79. The molecule has 0 aliphatic carbocycles. The van der Waals surface area contributed by atoms with E-state index in [1.807, 2.05) is 13.8 Å². The number of carbonyl (C=O) groups is 1. The first-order valence-electron chi connectivity index (χ1n) is 5.68. The molecule has 2 N–H and O–H groups in total. The quantitative estimate of drug-likeness (QED) is 0.723. The normalized spacial score (nSPS) is 29.9. The molecule has 0 fully saturated rings. The minimum absolute atomic E-state index is 0.0800. The van der Waals surface area contributed by atoms with Crippen molar-refractivity contribution in [2.45, 2.75) is 46.3 Å². The molecule has 4 heteroatoms. The largest absolute Gasteiger partial charge is 0.511 e. The standard InChI is InChI=1S/C12H20O4/c1-5-9(13)6(2)11-7(3)10(14)8(4)12(15)16-11/h6-7,9,11,13-14H,5H2,1-4H3/t6-,7+,9+,11+/m0/s1. The van der Waals surface area contributed by atoms with Crippen molar-refractivity contribution in [1.82, 2.24) is 0 Å². The van der Waals surface area contributed by atoms with E-state index in [0.717, 1.165) is 0 Å². The second-order valence-corrected chi connectivity index (χ2v) is 4.50. The van der Waals surface area contributed by atoms with Gasteiger partial charge in [0.1, 0.15) is 11.9 Å². The van der Waals surface area contributed by atoms with Crippen LogP contribution in [-0.4, -0.2) is 28.4 Å². The topological polar surface area (TPSA) is 66.8 Å². The van der Waals surface area contributed by atoms with E-state index in [2.05, 4.69) is 0 Å². The molecular formula is C12H20O4. The summed E-state index contributed by atoms with van der Waals surface area (Å²) < 4.78 is 5.25. The van der Waals surface area contributed by atoms with E-state index >= 15 is 0 Å². The summed E-state index contributed by atoms with van der Waals surface area (Å²) in [5.41, 5.74) is 0.266. The molecule has 0 radical (unpaired) electrons. The maximum Gasteiger partial charge on any atom is 0.337 e. The number of aliphatic hydroxyl groups excluding tert-OH is 2. The van der Waals surface area contributed by atoms with E-state index in [1.54, 1.807) is 13.8 Å². The van der Waals surface area contributed by atoms with Crippen molar-refractivity contribution >= 4 is 5.97 Å². The Morgan fingerprint density at radius 3 is 2.56 bits per heavy atom. The SMILES string of the molecule is CC[C@@H](O)[C@H](C)[C@H]1OC(=O)C(C)=C(O)[C@H]1C. The highest BCUT2D eigenvalue weighted by Gasteiger charge is 2.38. The lowest BCUT2D eigenvalue weighted by atomic mass is 9.84. The van der Waals surface area contributed by atoms with E-state index < -0.39 is 18.2 Å². The highest BCUT2D eigenvalue weighted by atomic mass is 16.5. The first-order valence-corrected chi connectivity index (χ1v) is 5.68. The van der Waals surface area contributed by atoms with Crippen LogP contribution in [-0.2, 0) is 9.53 Å². The Kier molecular flexibility index (Phi) is 3.97. The Morgan fingerprint density at radius 1 is 1.50 bits per heavy atom. The second kappa shape index (κ2) is 4.87. The van der Waals surface area contributed by atoms with Crippen molar-refractivity contribution in [3.63, 3.8) is 0 Å². The van der Waals surface area contributed by atoms with Crippen LogP contribution < -0.4 is 0 Å². The summed E-state index contributed by atoms with van der Waals surface area (Å²) in [4.78, 5) is 11.5. The third-order valence-electron chi connectivity index (χ3n) is 3.40. The average Bonchev–Trinajstić information content (AvgIpc) is 2.29. The van der Waals surface area contributed by atoms with E-state index in [9.17, 15) is 15.0 Å². The smallest absolute Gasteiger partial charge is 0.337 e. The molecule has 4 atom stereocenters. The zero-order chi connectivity index (χ0) is 12.5. The van der Waals surface area contributed by atoms with Gasteiger partial charge in [0.15, 0.2) is 0 Å². The molecule has 92 valence electrons. The van der Waals surface area contributed by atoms with E-state index in [0.29, 0.717) is 6.42 Å². The van der Waals surface area contributed by atoms with Crippen molar-refractivity contribution in [3.05, 3.63) is 11.3 Å². The van der Waals surface area contributed by atoms with Crippen molar-refractivity contribution in [2.24, 2.45) is 11.8 Å². The van der Waals surface area contributed by atoms with Crippen LogP contribution in [0.25, 0.3) is 0 Å². The van der Waals surface area contributed by atoms with Crippen LogP contribution in [0.2, 0.25) is 0 Å². The van der Waals surface area contributed by atoms with Crippen LogP contribution in [0.5, 0.6) is 0 Å². The van der Waals surface area contributed by atoms with Gasteiger partial charge in [0.25, 0.3) is 0 Å². The number of cyclic esters (lactones) is 1. The van der Waals surface area contributed by atoms with Gasteiger partial charge in [-0.15, -0.1) is 0 Å². The van der Waals surface area contributed by atoms with Gasteiger partial charge in [-0.25, -0.2) is 4.79 Å². The number of hydrogen-bond donors (Lipinski definition) is 2. The molecule has 0 amide bonds. The van der Waals surface area contributed by atoms with Gasteiger partial charge in [0.2, 0.25) is 0 Å². The summed E-state index contributed by atoms with van der Waals surface area (Å²) >= 11 is 0. The Bertz CT molecular complexity index is 308. The molecule has 0 bridgehead atoms. The maximum absolute atomic E-state index is 11.5. The number of ether oxygens (including phenoxy) is 1.